The zero-order valence-electron chi connectivity index (χ0n) is 15.7. The normalized spacial score (nSPS) is 15.2. The monoisotopic (exact) mass is 380 g/mol. The van der Waals surface area contributed by atoms with Crippen molar-refractivity contribution in [3.63, 3.8) is 0 Å². The summed E-state index contributed by atoms with van der Waals surface area (Å²) in [5.74, 6) is -0.0858. The lowest BCUT2D eigenvalue weighted by Crippen LogP contribution is -2.50. The summed E-state index contributed by atoms with van der Waals surface area (Å²) in [5, 5.41) is 8.97. The summed E-state index contributed by atoms with van der Waals surface area (Å²) in [7, 11) is 2.77. The number of fused-ring (bicyclic) bond motifs is 1. The van der Waals surface area contributed by atoms with Crippen molar-refractivity contribution in [2.45, 2.75) is 19.0 Å². The van der Waals surface area contributed by atoms with Crippen LogP contribution in [0.4, 0.5) is 0 Å². The molecule has 0 unspecified atom stereocenters. The maximum Gasteiger partial charge on any atom is 0.328 e. The molecule has 144 valence electrons. The maximum atomic E-state index is 12.8. The molecule has 0 fully saturated rings. The van der Waals surface area contributed by atoms with Crippen molar-refractivity contribution in [3.05, 3.63) is 59.2 Å². The van der Waals surface area contributed by atoms with E-state index in [1.54, 1.807) is 12.1 Å². The Morgan fingerprint density at radius 2 is 1.89 bits per heavy atom. The number of nitriles is 1. The lowest BCUT2D eigenvalue weighted by atomic mass is 9.94. The average Bonchev–Trinajstić information content (AvgIpc) is 2.75. The van der Waals surface area contributed by atoms with E-state index in [9.17, 15) is 9.59 Å². The summed E-state index contributed by atoms with van der Waals surface area (Å²) < 4.78 is 15.7. The molecule has 0 saturated carbocycles. The minimum atomic E-state index is -0.695. The van der Waals surface area contributed by atoms with Crippen LogP contribution >= 0.6 is 0 Å². The van der Waals surface area contributed by atoms with Gasteiger partial charge >= 0.3 is 5.97 Å². The van der Waals surface area contributed by atoms with Crippen LogP contribution in [0.1, 0.15) is 16.7 Å². The predicted octanol–water partition coefficient (Wildman–Crippen LogP) is 2.07. The molecule has 7 heteroatoms. The molecule has 2 aromatic carbocycles. The Balaban J connectivity index is 1.77. The Labute approximate surface area is 163 Å². The number of amides is 1. The van der Waals surface area contributed by atoms with Gasteiger partial charge in [0.15, 0.2) is 18.1 Å². The highest BCUT2D eigenvalue weighted by Crippen LogP contribution is 2.29. The number of benzene rings is 2. The van der Waals surface area contributed by atoms with Gasteiger partial charge in [0.25, 0.3) is 5.91 Å². The first-order valence-electron chi connectivity index (χ1n) is 8.72. The molecule has 0 N–H and O–H groups in total. The van der Waals surface area contributed by atoms with E-state index in [1.807, 2.05) is 30.3 Å². The number of carbonyl (C=O) groups excluding carboxylic acids is 2. The molecule has 3 rings (SSSR count). The van der Waals surface area contributed by atoms with Crippen LogP contribution in [0.5, 0.6) is 11.5 Å². The Morgan fingerprint density at radius 1 is 1.14 bits per heavy atom. The zero-order valence-corrected chi connectivity index (χ0v) is 15.7. The van der Waals surface area contributed by atoms with Crippen LogP contribution in [-0.2, 0) is 27.3 Å². The second-order valence-corrected chi connectivity index (χ2v) is 6.30. The van der Waals surface area contributed by atoms with Crippen LogP contribution in [0, 0.1) is 11.3 Å². The molecule has 1 aliphatic rings. The molecular formula is C21H20N2O5. The molecule has 0 bridgehead atoms. The summed E-state index contributed by atoms with van der Waals surface area (Å²) >= 11 is 0. The average molecular weight is 380 g/mol. The van der Waals surface area contributed by atoms with Gasteiger partial charge in [0.05, 0.1) is 25.9 Å². The number of hydrogen-bond acceptors (Lipinski definition) is 6. The highest BCUT2D eigenvalue weighted by Gasteiger charge is 2.35. The number of methoxy groups -OCH3 is 2. The molecular weight excluding hydrogens is 360 g/mol. The summed E-state index contributed by atoms with van der Waals surface area (Å²) in [6.07, 6.45) is 0.398. The fraction of sp³-hybridized carbons (Fsp3) is 0.286. The van der Waals surface area contributed by atoms with E-state index in [0.717, 1.165) is 11.1 Å². The standard InChI is InChI=1S/C21H20N2O5/c1-26-19-9-14(11-22)7-8-18(19)28-13-20(24)23-12-16-6-4-3-5-15(16)10-17(23)21(25)27-2/h3-9,17H,10,12-13H2,1-2H3/t17-/m1/s1. The third-order valence-electron chi connectivity index (χ3n) is 4.69. The van der Waals surface area contributed by atoms with Crippen molar-refractivity contribution in [1.82, 2.24) is 4.90 Å². The van der Waals surface area contributed by atoms with Gasteiger partial charge in [0.2, 0.25) is 0 Å². The van der Waals surface area contributed by atoms with E-state index in [1.165, 1.54) is 25.2 Å². The molecule has 1 heterocycles. The highest BCUT2D eigenvalue weighted by atomic mass is 16.5. The molecule has 0 spiro atoms. The third-order valence-corrected chi connectivity index (χ3v) is 4.69. The summed E-state index contributed by atoms with van der Waals surface area (Å²) in [6.45, 7) is 0.0422. The zero-order chi connectivity index (χ0) is 20.1. The third kappa shape index (κ3) is 3.91. The van der Waals surface area contributed by atoms with Gasteiger partial charge in [-0.3, -0.25) is 4.79 Å². The first-order chi connectivity index (χ1) is 13.6. The summed E-state index contributed by atoms with van der Waals surface area (Å²) in [5.41, 5.74) is 2.44. The second kappa shape index (κ2) is 8.44. The molecule has 1 amide bonds. The predicted molar refractivity (Wildman–Crippen MR) is 99.7 cm³/mol. The van der Waals surface area contributed by atoms with Crippen molar-refractivity contribution in [1.29, 1.82) is 5.26 Å². The van der Waals surface area contributed by atoms with Crippen molar-refractivity contribution < 1.29 is 23.8 Å². The number of carbonyl (C=O) groups is 2. The van der Waals surface area contributed by atoms with E-state index < -0.39 is 12.0 Å². The molecule has 7 nitrogen and oxygen atoms in total. The Bertz CT molecular complexity index is 935. The van der Waals surface area contributed by atoms with Crippen LogP contribution in [0.25, 0.3) is 0 Å². The van der Waals surface area contributed by atoms with Crippen LogP contribution in [-0.4, -0.2) is 43.6 Å². The highest BCUT2D eigenvalue weighted by molar-refractivity contribution is 5.86. The molecule has 0 aliphatic carbocycles. The first-order valence-corrected chi connectivity index (χ1v) is 8.72. The Hall–Kier alpha value is -3.53. The fourth-order valence-electron chi connectivity index (χ4n) is 3.21. The number of hydrogen-bond donors (Lipinski definition) is 0. The molecule has 0 radical (unpaired) electrons. The molecule has 0 aromatic heterocycles. The molecule has 28 heavy (non-hydrogen) atoms. The van der Waals surface area contributed by atoms with Crippen LogP contribution in [0.2, 0.25) is 0 Å². The van der Waals surface area contributed by atoms with E-state index in [-0.39, 0.29) is 12.5 Å². The van der Waals surface area contributed by atoms with Gasteiger partial charge < -0.3 is 19.1 Å². The topological polar surface area (TPSA) is 88.9 Å². The van der Waals surface area contributed by atoms with Gasteiger partial charge in [-0.15, -0.1) is 0 Å². The van der Waals surface area contributed by atoms with Crippen molar-refractivity contribution in [2.75, 3.05) is 20.8 Å². The Kier molecular flexibility index (Phi) is 5.80. The lowest BCUT2D eigenvalue weighted by molar-refractivity contribution is -0.154. The van der Waals surface area contributed by atoms with E-state index in [0.29, 0.717) is 30.0 Å². The van der Waals surface area contributed by atoms with Gasteiger partial charge in [-0.05, 0) is 23.3 Å². The number of ether oxygens (including phenoxy) is 3. The van der Waals surface area contributed by atoms with Crippen molar-refractivity contribution in [2.24, 2.45) is 0 Å². The van der Waals surface area contributed by atoms with E-state index in [2.05, 4.69) is 0 Å². The Morgan fingerprint density at radius 3 is 2.57 bits per heavy atom. The molecule has 1 aliphatic heterocycles. The van der Waals surface area contributed by atoms with E-state index >= 15 is 0 Å². The number of esters is 1. The second-order valence-electron chi connectivity index (χ2n) is 6.30. The number of rotatable bonds is 5. The van der Waals surface area contributed by atoms with Crippen molar-refractivity contribution in [3.8, 4) is 17.6 Å². The smallest absolute Gasteiger partial charge is 0.328 e. The van der Waals surface area contributed by atoms with Crippen molar-refractivity contribution >= 4 is 11.9 Å². The van der Waals surface area contributed by atoms with Gasteiger partial charge in [0, 0.05) is 19.0 Å². The first kappa shape index (κ1) is 19.2. The van der Waals surface area contributed by atoms with Crippen LogP contribution in [0.3, 0.4) is 0 Å². The van der Waals surface area contributed by atoms with Gasteiger partial charge in [-0.25, -0.2) is 4.79 Å². The van der Waals surface area contributed by atoms with Gasteiger partial charge in [0.1, 0.15) is 6.04 Å². The van der Waals surface area contributed by atoms with Gasteiger partial charge in [-0.2, -0.15) is 5.26 Å². The fourth-order valence-corrected chi connectivity index (χ4v) is 3.21. The minimum absolute atomic E-state index is 0.266. The quantitative estimate of drug-likeness (QED) is 0.738. The van der Waals surface area contributed by atoms with Crippen LogP contribution in [0.15, 0.2) is 42.5 Å². The maximum absolute atomic E-state index is 12.8. The lowest BCUT2D eigenvalue weighted by Gasteiger charge is -2.35. The summed E-state index contributed by atoms with van der Waals surface area (Å²) in [6, 6.07) is 13.7. The van der Waals surface area contributed by atoms with Crippen LogP contribution < -0.4 is 9.47 Å². The molecule has 0 saturated heterocycles. The minimum Gasteiger partial charge on any atom is -0.493 e. The van der Waals surface area contributed by atoms with Gasteiger partial charge in [-0.1, -0.05) is 24.3 Å². The molecule has 1 atom stereocenters. The SMILES string of the molecule is COC(=O)[C@H]1Cc2ccccc2CN1C(=O)COc1ccc(C#N)cc1OC. The molecule has 2 aromatic rings. The number of nitrogens with zero attached hydrogens (tertiary/aromatic N) is 2. The van der Waals surface area contributed by atoms with E-state index in [4.69, 9.17) is 19.5 Å². The largest absolute Gasteiger partial charge is 0.493 e. The summed E-state index contributed by atoms with van der Waals surface area (Å²) in [4.78, 5) is 26.5.